The number of likely N-dealkylation sites (N-methyl/N-ethyl adjacent to an activating group) is 1. The third kappa shape index (κ3) is 4.26. The fourth-order valence-corrected chi connectivity index (χ4v) is 1.39. The molecule has 2 N–H and O–H groups in total. The van der Waals surface area contributed by atoms with Crippen molar-refractivity contribution in [2.75, 3.05) is 18.4 Å². The highest BCUT2D eigenvalue weighted by molar-refractivity contribution is 5.93. The van der Waals surface area contributed by atoms with Crippen LogP contribution in [0.2, 0.25) is 0 Å². The van der Waals surface area contributed by atoms with E-state index in [2.05, 4.69) is 10.6 Å². The Bertz CT molecular complexity index is 506. The molecule has 0 saturated heterocycles. The van der Waals surface area contributed by atoms with Crippen LogP contribution in [-0.2, 0) is 11.0 Å². The molecule has 0 aromatic heterocycles. The van der Waals surface area contributed by atoms with Crippen molar-refractivity contribution < 1.29 is 18.0 Å². The van der Waals surface area contributed by atoms with Crippen LogP contribution in [-0.4, -0.2) is 19.0 Å². The Morgan fingerprint density at radius 1 is 1.42 bits per heavy atom. The van der Waals surface area contributed by atoms with Gasteiger partial charge in [-0.3, -0.25) is 4.79 Å². The van der Waals surface area contributed by atoms with Gasteiger partial charge in [0, 0.05) is 0 Å². The fraction of sp³-hybridized carbons (Fsp3) is 0.333. The van der Waals surface area contributed by atoms with Crippen LogP contribution in [0.3, 0.4) is 0 Å². The zero-order chi connectivity index (χ0) is 14.5. The molecule has 0 unspecified atom stereocenters. The second-order valence-electron chi connectivity index (χ2n) is 3.70. The molecule has 102 valence electrons. The molecule has 19 heavy (non-hydrogen) atoms. The predicted octanol–water partition coefficient (Wildman–Crippen LogP) is 2.13. The van der Waals surface area contributed by atoms with Gasteiger partial charge >= 0.3 is 6.18 Å². The van der Waals surface area contributed by atoms with E-state index in [0.29, 0.717) is 12.6 Å². The summed E-state index contributed by atoms with van der Waals surface area (Å²) in [6, 6.07) is 4.64. The van der Waals surface area contributed by atoms with E-state index in [0.717, 1.165) is 6.07 Å². The van der Waals surface area contributed by atoms with Crippen LogP contribution < -0.4 is 10.6 Å². The number of rotatable bonds is 4. The number of carbonyl (C=O) groups is 1. The SMILES string of the molecule is CCNCC(=O)Nc1ccc(C#N)cc1C(F)(F)F. The van der Waals surface area contributed by atoms with Crippen molar-refractivity contribution in [1.29, 1.82) is 5.26 Å². The smallest absolute Gasteiger partial charge is 0.324 e. The van der Waals surface area contributed by atoms with Gasteiger partial charge in [-0.15, -0.1) is 0 Å². The van der Waals surface area contributed by atoms with Gasteiger partial charge in [-0.1, -0.05) is 6.92 Å². The van der Waals surface area contributed by atoms with E-state index < -0.39 is 17.6 Å². The molecule has 0 heterocycles. The minimum atomic E-state index is -4.63. The first-order chi connectivity index (χ1) is 8.88. The lowest BCUT2D eigenvalue weighted by atomic mass is 10.1. The van der Waals surface area contributed by atoms with Gasteiger partial charge < -0.3 is 10.6 Å². The van der Waals surface area contributed by atoms with Gasteiger partial charge in [0.2, 0.25) is 5.91 Å². The summed E-state index contributed by atoms with van der Waals surface area (Å²) in [6.07, 6.45) is -4.63. The molecular weight excluding hydrogens is 259 g/mol. The van der Waals surface area contributed by atoms with Crippen molar-refractivity contribution in [2.45, 2.75) is 13.1 Å². The van der Waals surface area contributed by atoms with Crippen molar-refractivity contribution in [3.8, 4) is 6.07 Å². The van der Waals surface area contributed by atoms with Crippen molar-refractivity contribution in [3.05, 3.63) is 29.3 Å². The van der Waals surface area contributed by atoms with Gasteiger partial charge in [0.25, 0.3) is 0 Å². The maximum atomic E-state index is 12.8. The molecular formula is C12H12F3N3O. The predicted molar refractivity (Wildman–Crippen MR) is 63.3 cm³/mol. The van der Waals surface area contributed by atoms with Crippen molar-refractivity contribution in [1.82, 2.24) is 5.32 Å². The molecule has 1 aromatic rings. The summed E-state index contributed by atoms with van der Waals surface area (Å²) in [6.45, 7) is 2.23. The molecule has 1 amide bonds. The van der Waals surface area contributed by atoms with Crippen LogP contribution in [0.15, 0.2) is 18.2 Å². The number of anilines is 1. The topological polar surface area (TPSA) is 64.9 Å². The number of nitrogens with zero attached hydrogens (tertiary/aromatic N) is 1. The highest BCUT2D eigenvalue weighted by atomic mass is 19.4. The Morgan fingerprint density at radius 3 is 2.63 bits per heavy atom. The number of nitriles is 1. The third-order valence-electron chi connectivity index (χ3n) is 2.26. The Labute approximate surface area is 108 Å². The molecule has 1 aromatic carbocycles. The summed E-state index contributed by atoms with van der Waals surface area (Å²) < 4.78 is 38.4. The van der Waals surface area contributed by atoms with Crippen LogP contribution in [0, 0.1) is 11.3 Å². The van der Waals surface area contributed by atoms with E-state index >= 15 is 0 Å². The number of hydrogen-bond acceptors (Lipinski definition) is 3. The Hall–Kier alpha value is -2.07. The van der Waals surface area contributed by atoms with E-state index in [1.54, 1.807) is 13.0 Å². The van der Waals surface area contributed by atoms with E-state index in [1.807, 2.05) is 0 Å². The van der Waals surface area contributed by atoms with Crippen molar-refractivity contribution in [2.24, 2.45) is 0 Å². The van der Waals surface area contributed by atoms with E-state index in [-0.39, 0.29) is 17.8 Å². The first-order valence-corrected chi connectivity index (χ1v) is 5.50. The molecule has 0 radical (unpaired) electrons. The monoisotopic (exact) mass is 271 g/mol. The molecule has 0 fully saturated rings. The minimum absolute atomic E-state index is 0.0756. The number of halogens is 3. The van der Waals surface area contributed by atoms with Gasteiger partial charge in [-0.05, 0) is 24.7 Å². The van der Waals surface area contributed by atoms with E-state index in [9.17, 15) is 18.0 Å². The Kier molecular flexibility index (Phi) is 4.89. The summed E-state index contributed by atoms with van der Waals surface area (Å²) in [5.74, 6) is -0.572. The zero-order valence-electron chi connectivity index (χ0n) is 10.1. The molecule has 0 spiro atoms. The average Bonchev–Trinajstić information content (AvgIpc) is 2.35. The number of carbonyl (C=O) groups excluding carboxylic acids is 1. The number of alkyl halides is 3. The Balaban J connectivity index is 3.01. The quantitative estimate of drug-likeness (QED) is 0.881. The lowest BCUT2D eigenvalue weighted by Gasteiger charge is -2.14. The van der Waals surface area contributed by atoms with Crippen molar-refractivity contribution >= 4 is 11.6 Å². The molecule has 0 aliphatic carbocycles. The number of benzene rings is 1. The summed E-state index contributed by atoms with van der Waals surface area (Å²) >= 11 is 0. The molecule has 0 bridgehead atoms. The van der Waals surface area contributed by atoms with Crippen LogP contribution in [0.1, 0.15) is 18.1 Å². The standard InChI is InChI=1S/C12H12F3N3O/c1-2-17-7-11(19)18-10-4-3-8(6-16)5-9(10)12(13,14)15/h3-5,17H,2,7H2,1H3,(H,18,19). The molecule has 1 rings (SSSR count). The highest BCUT2D eigenvalue weighted by Gasteiger charge is 2.34. The molecule has 4 nitrogen and oxygen atoms in total. The summed E-state index contributed by atoms with van der Waals surface area (Å²) in [5.41, 5.74) is -1.50. The van der Waals surface area contributed by atoms with E-state index in [1.165, 1.54) is 6.07 Å². The van der Waals surface area contributed by atoms with E-state index in [4.69, 9.17) is 5.26 Å². The largest absolute Gasteiger partial charge is 0.418 e. The Morgan fingerprint density at radius 2 is 2.11 bits per heavy atom. The molecule has 0 atom stereocenters. The fourth-order valence-electron chi connectivity index (χ4n) is 1.39. The second-order valence-corrected chi connectivity index (χ2v) is 3.70. The zero-order valence-corrected chi connectivity index (χ0v) is 10.1. The normalized spacial score (nSPS) is 10.9. The summed E-state index contributed by atoms with van der Waals surface area (Å²) in [5, 5.41) is 13.5. The number of amides is 1. The van der Waals surface area contributed by atoms with Crippen molar-refractivity contribution in [3.63, 3.8) is 0 Å². The van der Waals surface area contributed by atoms with Crippen LogP contribution >= 0.6 is 0 Å². The maximum absolute atomic E-state index is 12.8. The maximum Gasteiger partial charge on any atom is 0.418 e. The average molecular weight is 271 g/mol. The van der Waals surface area contributed by atoms with Gasteiger partial charge in [0.1, 0.15) is 0 Å². The first-order valence-electron chi connectivity index (χ1n) is 5.50. The molecule has 0 aliphatic heterocycles. The van der Waals surface area contributed by atoms with Gasteiger partial charge in [-0.25, -0.2) is 0 Å². The lowest BCUT2D eigenvalue weighted by molar-refractivity contribution is -0.137. The molecule has 7 heteroatoms. The minimum Gasteiger partial charge on any atom is -0.324 e. The van der Waals surface area contributed by atoms with Crippen LogP contribution in [0.4, 0.5) is 18.9 Å². The van der Waals surface area contributed by atoms with Gasteiger partial charge in [0.15, 0.2) is 0 Å². The van der Waals surface area contributed by atoms with Crippen LogP contribution in [0.5, 0.6) is 0 Å². The number of hydrogen-bond donors (Lipinski definition) is 2. The van der Waals surface area contributed by atoms with Gasteiger partial charge in [-0.2, -0.15) is 18.4 Å². The highest BCUT2D eigenvalue weighted by Crippen LogP contribution is 2.35. The lowest BCUT2D eigenvalue weighted by Crippen LogP contribution is -2.28. The first kappa shape index (κ1) is 15.0. The van der Waals surface area contributed by atoms with Gasteiger partial charge in [0.05, 0.1) is 29.4 Å². The summed E-state index contributed by atoms with van der Waals surface area (Å²) in [4.78, 5) is 11.4. The van der Waals surface area contributed by atoms with Crippen LogP contribution in [0.25, 0.3) is 0 Å². The molecule has 0 saturated carbocycles. The second kappa shape index (κ2) is 6.20. The molecule has 0 aliphatic rings. The summed E-state index contributed by atoms with van der Waals surface area (Å²) in [7, 11) is 0. The number of nitrogens with one attached hydrogen (secondary N) is 2. The third-order valence-corrected chi connectivity index (χ3v) is 2.26.